The van der Waals surface area contributed by atoms with Gasteiger partial charge in [0.15, 0.2) is 17.3 Å². The monoisotopic (exact) mass is 387 g/mol. The Hall–Kier alpha value is -2.64. The first-order chi connectivity index (χ1) is 13.5. The molecule has 0 radical (unpaired) electrons. The predicted molar refractivity (Wildman–Crippen MR) is 106 cm³/mol. The topological polar surface area (TPSA) is 62.8 Å². The van der Waals surface area contributed by atoms with E-state index in [1.54, 1.807) is 36.4 Å². The molecule has 0 bridgehead atoms. The number of benzene rings is 2. The third-order valence-electron chi connectivity index (χ3n) is 5.14. The summed E-state index contributed by atoms with van der Waals surface area (Å²) in [5, 5.41) is 5.75. The van der Waals surface area contributed by atoms with Crippen LogP contribution in [-0.2, 0) is 4.74 Å². The Balaban J connectivity index is 1.65. The zero-order chi connectivity index (χ0) is 20.0. The van der Waals surface area contributed by atoms with Crippen molar-refractivity contribution in [2.24, 2.45) is 0 Å². The number of carbonyl (C=O) groups excluding carboxylic acids is 1. The molecule has 28 heavy (non-hydrogen) atoms. The first-order valence-electron chi connectivity index (χ1n) is 9.32. The zero-order valence-electron chi connectivity index (χ0n) is 16.2. The average Bonchev–Trinajstić information content (AvgIpc) is 2.70. The molecule has 1 fully saturated rings. The lowest BCUT2D eigenvalue weighted by molar-refractivity contribution is -0.00553. The molecule has 7 heteroatoms. The number of para-hydroxylation sites is 3. The standard InChI is InChI=1S/C21H26FN3O3/c1-25(2)21(11-13-27-14-12-21)15-23-20(26)24-17-8-4-6-10-19(17)28-18-9-5-3-7-16(18)22/h3-10H,11-15H2,1-2H3,(H2,23,24,26). The summed E-state index contributed by atoms with van der Waals surface area (Å²) in [7, 11) is 4.03. The number of nitrogens with zero attached hydrogens (tertiary/aromatic N) is 1. The van der Waals surface area contributed by atoms with Crippen LogP contribution < -0.4 is 15.4 Å². The Bertz CT molecular complexity index is 807. The van der Waals surface area contributed by atoms with Crippen LogP contribution in [0.1, 0.15) is 12.8 Å². The van der Waals surface area contributed by atoms with Crippen molar-refractivity contribution >= 4 is 11.7 Å². The molecule has 150 valence electrons. The molecule has 1 aliphatic heterocycles. The Morgan fingerprint density at radius 2 is 1.75 bits per heavy atom. The van der Waals surface area contributed by atoms with Gasteiger partial charge in [0, 0.05) is 25.3 Å². The van der Waals surface area contributed by atoms with Crippen molar-refractivity contribution in [2.75, 3.05) is 39.2 Å². The van der Waals surface area contributed by atoms with Gasteiger partial charge in [0.1, 0.15) is 0 Å². The first-order valence-corrected chi connectivity index (χ1v) is 9.32. The van der Waals surface area contributed by atoms with Gasteiger partial charge in [-0.25, -0.2) is 9.18 Å². The van der Waals surface area contributed by atoms with Gasteiger partial charge in [0.05, 0.1) is 5.69 Å². The SMILES string of the molecule is CN(C)C1(CNC(=O)Nc2ccccc2Oc2ccccc2F)CCOCC1. The molecule has 0 unspecified atom stereocenters. The highest BCUT2D eigenvalue weighted by Gasteiger charge is 2.35. The Labute approximate surface area is 164 Å². The zero-order valence-corrected chi connectivity index (χ0v) is 16.2. The number of hydrogen-bond donors (Lipinski definition) is 2. The summed E-state index contributed by atoms with van der Waals surface area (Å²) in [6.45, 7) is 1.87. The number of nitrogens with one attached hydrogen (secondary N) is 2. The van der Waals surface area contributed by atoms with E-state index in [1.807, 2.05) is 14.1 Å². The number of amides is 2. The van der Waals surface area contributed by atoms with Crippen LogP contribution in [-0.4, -0.2) is 50.3 Å². The summed E-state index contributed by atoms with van der Waals surface area (Å²) < 4.78 is 25.0. The summed E-state index contributed by atoms with van der Waals surface area (Å²) in [4.78, 5) is 14.6. The Morgan fingerprint density at radius 1 is 1.11 bits per heavy atom. The molecule has 2 aromatic carbocycles. The molecule has 1 heterocycles. The second kappa shape index (κ2) is 9.03. The maximum atomic E-state index is 13.9. The lowest BCUT2D eigenvalue weighted by Gasteiger charge is -2.42. The highest BCUT2D eigenvalue weighted by atomic mass is 19.1. The van der Waals surface area contributed by atoms with Gasteiger partial charge < -0.3 is 25.0 Å². The van der Waals surface area contributed by atoms with Crippen LogP contribution >= 0.6 is 0 Å². The Kier molecular flexibility index (Phi) is 6.49. The van der Waals surface area contributed by atoms with E-state index in [9.17, 15) is 9.18 Å². The second-order valence-electron chi connectivity index (χ2n) is 7.07. The molecular weight excluding hydrogens is 361 g/mol. The quantitative estimate of drug-likeness (QED) is 0.790. The number of anilines is 1. The summed E-state index contributed by atoms with van der Waals surface area (Å²) >= 11 is 0. The van der Waals surface area contributed by atoms with Crippen LogP contribution in [0.3, 0.4) is 0 Å². The van der Waals surface area contributed by atoms with Crippen molar-refractivity contribution in [3.05, 3.63) is 54.3 Å². The lowest BCUT2D eigenvalue weighted by Crippen LogP contribution is -2.56. The molecule has 0 atom stereocenters. The molecule has 0 aromatic heterocycles. The van der Waals surface area contributed by atoms with Gasteiger partial charge in [-0.15, -0.1) is 0 Å². The van der Waals surface area contributed by atoms with Crippen LogP contribution in [0.25, 0.3) is 0 Å². The van der Waals surface area contributed by atoms with Crippen LogP contribution in [0.5, 0.6) is 11.5 Å². The molecule has 2 N–H and O–H groups in total. The molecular formula is C21H26FN3O3. The van der Waals surface area contributed by atoms with E-state index >= 15 is 0 Å². The molecule has 1 aliphatic rings. The van der Waals surface area contributed by atoms with Gasteiger partial charge in [-0.1, -0.05) is 24.3 Å². The van der Waals surface area contributed by atoms with Crippen molar-refractivity contribution in [2.45, 2.75) is 18.4 Å². The molecule has 2 amide bonds. The minimum absolute atomic E-state index is 0.103. The van der Waals surface area contributed by atoms with E-state index in [0.29, 0.717) is 31.2 Å². The third kappa shape index (κ3) is 4.79. The van der Waals surface area contributed by atoms with Crippen molar-refractivity contribution in [3.8, 4) is 11.5 Å². The minimum atomic E-state index is -0.464. The van der Waals surface area contributed by atoms with Crippen LogP contribution in [0, 0.1) is 5.82 Å². The van der Waals surface area contributed by atoms with Gasteiger partial charge in [0.2, 0.25) is 0 Å². The molecule has 0 saturated carbocycles. The van der Waals surface area contributed by atoms with Crippen molar-refractivity contribution < 1.29 is 18.7 Å². The normalized spacial score (nSPS) is 15.9. The van der Waals surface area contributed by atoms with E-state index < -0.39 is 5.82 Å². The van der Waals surface area contributed by atoms with Gasteiger partial charge in [-0.05, 0) is 51.2 Å². The van der Waals surface area contributed by atoms with E-state index in [0.717, 1.165) is 12.8 Å². The van der Waals surface area contributed by atoms with E-state index in [1.165, 1.54) is 12.1 Å². The number of carbonyl (C=O) groups is 1. The fraction of sp³-hybridized carbons (Fsp3) is 0.381. The van der Waals surface area contributed by atoms with Gasteiger partial charge >= 0.3 is 6.03 Å². The number of likely N-dealkylation sites (N-methyl/N-ethyl adjacent to an activating group) is 1. The van der Waals surface area contributed by atoms with Crippen LogP contribution in [0.2, 0.25) is 0 Å². The molecule has 0 aliphatic carbocycles. The molecule has 6 nitrogen and oxygen atoms in total. The fourth-order valence-electron chi connectivity index (χ4n) is 3.25. The van der Waals surface area contributed by atoms with E-state index in [4.69, 9.17) is 9.47 Å². The average molecular weight is 387 g/mol. The van der Waals surface area contributed by atoms with E-state index in [-0.39, 0.29) is 17.3 Å². The number of rotatable bonds is 6. The third-order valence-corrected chi connectivity index (χ3v) is 5.14. The van der Waals surface area contributed by atoms with Gasteiger partial charge in [0.25, 0.3) is 0 Å². The second-order valence-corrected chi connectivity index (χ2v) is 7.07. The number of ether oxygens (including phenoxy) is 2. The summed E-state index contributed by atoms with van der Waals surface area (Å²) in [6, 6.07) is 12.8. The number of halogens is 1. The predicted octanol–water partition coefficient (Wildman–Crippen LogP) is 3.85. The van der Waals surface area contributed by atoms with Crippen molar-refractivity contribution in [1.82, 2.24) is 10.2 Å². The van der Waals surface area contributed by atoms with Gasteiger partial charge in [-0.3, -0.25) is 0 Å². The largest absolute Gasteiger partial charge is 0.452 e. The molecule has 0 spiro atoms. The number of urea groups is 1. The minimum Gasteiger partial charge on any atom is -0.452 e. The Morgan fingerprint density at radius 3 is 2.43 bits per heavy atom. The fourth-order valence-corrected chi connectivity index (χ4v) is 3.25. The molecule has 2 aromatic rings. The van der Waals surface area contributed by atoms with Crippen LogP contribution in [0.15, 0.2) is 48.5 Å². The van der Waals surface area contributed by atoms with E-state index in [2.05, 4.69) is 15.5 Å². The summed E-state index contributed by atoms with van der Waals surface area (Å²) in [5.74, 6) is 0.0104. The highest BCUT2D eigenvalue weighted by Crippen LogP contribution is 2.31. The summed E-state index contributed by atoms with van der Waals surface area (Å²) in [5.41, 5.74) is 0.341. The first kappa shape index (κ1) is 20.1. The number of hydrogen-bond acceptors (Lipinski definition) is 4. The van der Waals surface area contributed by atoms with Crippen molar-refractivity contribution in [1.29, 1.82) is 0 Å². The van der Waals surface area contributed by atoms with Gasteiger partial charge in [-0.2, -0.15) is 0 Å². The maximum absolute atomic E-state index is 13.9. The summed E-state index contributed by atoms with van der Waals surface area (Å²) in [6.07, 6.45) is 1.71. The molecule has 3 rings (SSSR count). The van der Waals surface area contributed by atoms with Crippen LogP contribution in [0.4, 0.5) is 14.9 Å². The smallest absolute Gasteiger partial charge is 0.319 e. The maximum Gasteiger partial charge on any atom is 0.319 e. The highest BCUT2D eigenvalue weighted by molar-refractivity contribution is 5.91. The van der Waals surface area contributed by atoms with Crippen molar-refractivity contribution in [3.63, 3.8) is 0 Å². The molecule has 1 saturated heterocycles. The lowest BCUT2D eigenvalue weighted by atomic mass is 9.88.